The largest absolute Gasteiger partial charge is 0.462 e. The highest BCUT2D eigenvalue weighted by atomic mass is 19.4. The lowest BCUT2D eigenvalue weighted by molar-refractivity contribution is -0.138. The highest BCUT2D eigenvalue weighted by Crippen LogP contribution is 2.30. The predicted octanol–water partition coefficient (Wildman–Crippen LogP) is 3.54. The molecule has 0 fully saturated rings. The molecule has 34 heavy (non-hydrogen) atoms. The van der Waals surface area contributed by atoms with Crippen molar-refractivity contribution in [1.82, 2.24) is 9.97 Å². The molecule has 0 atom stereocenters. The van der Waals surface area contributed by atoms with Gasteiger partial charge in [-0.3, -0.25) is 4.98 Å². The number of ether oxygens (including phenoxy) is 2. The Hall–Kier alpha value is -3.26. The summed E-state index contributed by atoms with van der Waals surface area (Å²) in [6, 6.07) is 1.30. The standard InChI is InChI=1S/C12H12F3NO4.C8H8F3NO2/c1-3-19-10(17)8-5-7(12(13,14)15)6-16-9(8)11(18)20-4-2;9-8(10,11)6-1-5(3-13)7(4-14)12-2-6/h5-6H,3-4H2,1-2H3;1-2,13-14H,3-4H2. The number of alkyl halides is 6. The molecule has 0 aliphatic carbocycles. The molecule has 188 valence electrons. The van der Waals surface area contributed by atoms with Gasteiger partial charge in [-0.15, -0.1) is 0 Å². The Kier molecular flexibility index (Phi) is 10.4. The van der Waals surface area contributed by atoms with Crippen molar-refractivity contribution >= 4 is 11.9 Å². The first kappa shape index (κ1) is 28.8. The van der Waals surface area contributed by atoms with Gasteiger partial charge in [0.05, 0.1) is 48.8 Å². The van der Waals surface area contributed by atoms with E-state index in [1.54, 1.807) is 0 Å². The molecule has 0 spiro atoms. The molecule has 2 N–H and O–H groups in total. The average molecular weight is 498 g/mol. The average Bonchev–Trinajstić information content (AvgIpc) is 2.77. The maximum atomic E-state index is 12.6. The Morgan fingerprint density at radius 3 is 1.79 bits per heavy atom. The van der Waals surface area contributed by atoms with Crippen molar-refractivity contribution < 1.29 is 55.6 Å². The molecule has 0 radical (unpaired) electrons. The van der Waals surface area contributed by atoms with E-state index in [0.717, 1.165) is 6.07 Å². The zero-order valence-corrected chi connectivity index (χ0v) is 17.8. The van der Waals surface area contributed by atoms with Crippen molar-refractivity contribution in [3.05, 3.63) is 58.2 Å². The van der Waals surface area contributed by atoms with Crippen LogP contribution in [-0.2, 0) is 35.0 Å². The third-order valence-electron chi connectivity index (χ3n) is 3.89. The lowest BCUT2D eigenvalue weighted by Crippen LogP contribution is -2.18. The number of hydrogen-bond donors (Lipinski definition) is 2. The van der Waals surface area contributed by atoms with Crippen LogP contribution in [0.25, 0.3) is 0 Å². The number of pyridine rings is 2. The minimum Gasteiger partial charge on any atom is -0.462 e. The number of hydrogen-bond acceptors (Lipinski definition) is 8. The number of aliphatic hydroxyl groups is 2. The topological polar surface area (TPSA) is 119 Å². The summed E-state index contributed by atoms with van der Waals surface area (Å²) in [5, 5.41) is 17.4. The molecule has 0 aromatic carbocycles. The zero-order valence-electron chi connectivity index (χ0n) is 17.8. The third-order valence-corrected chi connectivity index (χ3v) is 3.89. The van der Waals surface area contributed by atoms with Gasteiger partial charge in [0.15, 0.2) is 5.69 Å². The number of carbonyl (C=O) groups excluding carboxylic acids is 2. The van der Waals surface area contributed by atoms with Crippen LogP contribution < -0.4 is 0 Å². The molecule has 0 aliphatic rings. The molecule has 0 bridgehead atoms. The van der Waals surface area contributed by atoms with Gasteiger partial charge >= 0.3 is 24.3 Å². The van der Waals surface area contributed by atoms with Gasteiger partial charge in [-0.2, -0.15) is 26.3 Å². The van der Waals surface area contributed by atoms with Gasteiger partial charge < -0.3 is 19.7 Å². The van der Waals surface area contributed by atoms with E-state index in [9.17, 15) is 35.9 Å². The van der Waals surface area contributed by atoms with Crippen LogP contribution >= 0.6 is 0 Å². The maximum Gasteiger partial charge on any atom is 0.417 e. The van der Waals surface area contributed by atoms with Crippen molar-refractivity contribution in [2.24, 2.45) is 0 Å². The second-order valence-corrected chi connectivity index (χ2v) is 6.20. The number of rotatable bonds is 6. The first-order valence-electron chi connectivity index (χ1n) is 9.48. The molecule has 0 aliphatic heterocycles. The molecule has 2 heterocycles. The molecule has 2 rings (SSSR count). The van der Waals surface area contributed by atoms with Crippen LogP contribution in [0.3, 0.4) is 0 Å². The molecule has 8 nitrogen and oxygen atoms in total. The van der Waals surface area contributed by atoms with E-state index in [0.29, 0.717) is 18.5 Å². The monoisotopic (exact) mass is 498 g/mol. The Labute approximate surface area is 189 Å². The first-order valence-corrected chi connectivity index (χ1v) is 9.48. The van der Waals surface area contributed by atoms with Crippen molar-refractivity contribution in [1.29, 1.82) is 0 Å². The number of carbonyl (C=O) groups is 2. The zero-order chi connectivity index (χ0) is 26.1. The summed E-state index contributed by atoms with van der Waals surface area (Å²) < 4.78 is 83.5. The van der Waals surface area contributed by atoms with Crippen LogP contribution in [0.1, 0.15) is 57.1 Å². The third kappa shape index (κ3) is 7.95. The molecule has 14 heteroatoms. The quantitative estimate of drug-likeness (QED) is 0.459. The van der Waals surface area contributed by atoms with Gasteiger partial charge in [-0.25, -0.2) is 14.6 Å². The molecule has 0 unspecified atom stereocenters. The fraction of sp³-hybridized carbons (Fsp3) is 0.400. The lowest BCUT2D eigenvalue weighted by atomic mass is 10.1. The summed E-state index contributed by atoms with van der Waals surface area (Å²) in [6.07, 6.45) is -8.06. The van der Waals surface area contributed by atoms with E-state index in [4.69, 9.17) is 10.2 Å². The van der Waals surface area contributed by atoms with Crippen LogP contribution in [0.5, 0.6) is 0 Å². The maximum absolute atomic E-state index is 12.6. The van der Waals surface area contributed by atoms with Crippen molar-refractivity contribution in [2.75, 3.05) is 13.2 Å². The van der Waals surface area contributed by atoms with E-state index in [1.165, 1.54) is 13.8 Å². The van der Waals surface area contributed by atoms with E-state index in [-0.39, 0.29) is 24.5 Å². The Balaban J connectivity index is 0.000000362. The Morgan fingerprint density at radius 2 is 1.32 bits per heavy atom. The van der Waals surface area contributed by atoms with Gasteiger partial charge in [0.1, 0.15) is 0 Å². The summed E-state index contributed by atoms with van der Waals surface area (Å²) in [6.45, 7) is 1.90. The van der Waals surface area contributed by atoms with Gasteiger partial charge in [-0.05, 0) is 26.0 Å². The summed E-state index contributed by atoms with van der Waals surface area (Å²) in [5.41, 5.74) is -3.10. The van der Waals surface area contributed by atoms with Crippen LogP contribution in [0.15, 0.2) is 24.5 Å². The summed E-state index contributed by atoms with van der Waals surface area (Å²) in [5.74, 6) is -2.04. The van der Waals surface area contributed by atoms with E-state index in [1.807, 2.05) is 0 Å². The summed E-state index contributed by atoms with van der Waals surface area (Å²) >= 11 is 0. The van der Waals surface area contributed by atoms with Crippen LogP contribution in [0.2, 0.25) is 0 Å². The predicted molar refractivity (Wildman–Crippen MR) is 102 cm³/mol. The fourth-order valence-electron chi connectivity index (χ4n) is 2.32. The number of esters is 2. The van der Waals surface area contributed by atoms with E-state index < -0.39 is 59.9 Å². The fourth-order valence-corrected chi connectivity index (χ4v) is 2.32. The molecule has 0 saturated heterocycles. The number of aromatic nitrogens is 2. The van der Waals surface area contributed by atoms with E-state index >= 15 is 0 Å². The Morgan fingerprint density at radius 1 is 0.824 bits per heavy atom. The van der Waals surface area contributed by atoms with Gasteiger partial charge in [-0.1, -0.05) is 0 Å². The van der Waals surface area contributed by atoms with Crippen LogP contribution in [-0.4, -0.2) is 45.3 Å². The van der Waals surface area contributed by atoms with Crippen molar-refractivity contribution in [3.63, 3.8) is 0 Å². The minimum absolute atomic E-state index is 0.00377. The summed E-state index contributed by atoms with van der Waals surface area (Å²) in [4.78, 5) is 30.0. The number of aliphatic hydroxyl groups excluding tert-OH is 2. The van der Waals surface area contributed by atoms with Gasteiger partial charge in [0.25, 0.3) is 0 Å². The smallest absolute Gasteiger partial charge is 0.417 e. The molecule has 0 amide bonds. The van der Waals surface area contributed by atoms with Crippen LogP contribution in [0, 0.1) is 0 Å². The highest BCUT2D eigenvalue weighted by molar-refractivity contribution is 6.01. The first-order chi connectivity index (χ1) is 15.8. The Bertz CT molecular complexity index is 994. The molecule has 0 saturated carbocycles. The molecule has 2 aromatic rings. The summed E-state index contributed by atoms with van der Waals surface area (Å²) in [7, 11) is 0. The van der Waals surface area contributed by atoms with Gasteiger partial charge in [0, 0.05) is 18.0 Å². The molecular formula is C20H20F6N2O6. The normalized spacial score (nSPS) is 11.4. The van der Waals surface area contributed by atoms with E-state index in [2.05, 4.69) is 19.4 Å². The number of halogens is 6. The molecule has 2 aromatic heterocycles. The molecular weight excluding hydrogens is 478 g/mol. The minimum atomic E-state index is -4.68. The SMILES string of the molecule is CCOC(=O)c1cc(C(F)(F)F)cnc1C(=O)OCC.OCc1cc(C(F)(F)F)cnc1CO. The lowest BCUT2D eigenvalue weighted by Gasteiger charge is -2.11. The van der Waals surface area contributed by atoms with Crippen molar-refractivity contribution in [3.8, 4) is 0 Å². The van der Waals surface area contributed by atoms with Crippen molar-refractivity contribution in [2.45, 2.75) is 39.4 Å². The highest BCUT2D eigenvalue weighted by Gasteiger charge is 2.34. The second-order valence-electron chi connectivity index (χ2n) is 6.20. The number of nitrogens with zero attached hydrogens (tertiary/aromatic N) is 2. The van der Waals surface area contributed by atoms with Gasteiger partial charge in [0.2, 0.25) is 0 Å². The second kappa shape index (κ2) is 12.3. The van der Waals surface area contributed by atoms with Crippen LogP contribution in [0.4, 0.5) is 26.3 Å².